The van der Waals surface area contributed by atoms with Crippen molar-refractivity contribution < 1.29 is 28.2 Å². The van der Waals surface area contributed by atoms with Crippen LogP contribution in [0.15, 0.2) is 29.3 Å². The van der Waals surface area contributed by atoms with Gasteiger partial charge < -0.3 is 9.47 Å². The molecule has 0 heterocycles. The minimum Gasteiger partial charge on any atom is -0.453 e. The molecule has 0 aliphatic heterocycles. The maximum absolute atomic E-state index is 13.0. The summed E-state index contributed by atoms with van der Waals surface area (Å²) >= 11 is 0.995. The van der Waals surface area contributed by atoms with E-state index in [4.69, 9.17) is 0 Å². The second-order valence-electron chi connectivity index (χ2n) is 4.20. The highest BCUT2D eigenvalue weighted by molar-refractivity contribution is 8.13. The number of amidine groups is 1. The lowest BCUT2D eigenvalue weighted by Gasteiger charge is -2.22. The van der Waals surface area contributed by atoms with Crippen molar-refractivity contribution >= 4 is 35.1 Å². The average molecular weight is 357 g/mol. The number of amides is 4. The molecule has 0 spiro atoms. The third-order valence-electron chi connectivity index (χ3n) is 2.67. The van der Waals surface area contributed by atoms with Gasteiger partial charge in [-0.1, -0.05) is 23.9 Å². The van der Waals surface area contributed by atoms with Gasteiger partial charge in [0.25, 0.3) is 0 Å². The van der Waals surface area contributed by atoms with Crippen LogP contribution in [0.3, 0.4) is 0 Å². The van der Waals surface area contributed by atoms with E-state index in [9.17, 15) is 18.8 Å². The van der Waals surface area contributed by atoms with E-state index in [0.29, 0.717) is 5.56 Å². The molecule has 0 saturated heterocycles. The lowest BCUT2D eigenvalue weighted by molar-refractivity contribution is 0.167. The van der Waals surface area contributed by atoms with Crippen LogP contribution in [0, 0.1) is 5.82 Å². The molecule has 0 bridgehead atoms. The number of nitrogens with one attached hydrogen (secondary N) is 1. The van der Waals surface area contributed by atoms with Crippen LogP contribution in [0.25, 0.3) is 0 Å². The highest BCUT2D eigenvalue weighted by Crippen LogP contribution is 2.13. The monoisotopic (exact) mass is 357 g/mol. The molecule has 0 aliphatic rings. The van der Waals surface area contributed by atoms with E-state index in [-0.39, 0.29) is 11.7 Å². The molecule has 0 radical (unpaired) electrons. The SMILES string of the molecule is COC(=O)N=C(SC)N(Cc1ccc(F)cc1)C(=O)NC(=O)OC. The van der Waals surface area contributed by atoms with Gasteiger partial charge in [0.1, 0.15) is 5.82 Å². The van der Waals surface area contributed by atoms with Crippen molar-refractivity contribution in [1.29, 1.82) is 0 Å². The minimum absolute atomic E-state index is 0.00687. The summed E-state index contributed by atoms with van der Waals surface area (Å²) in [4.78, 5) is 39.5. The third-order valence-corrected chi connectivity index (χ3v) is 3.35. The number of urea groups is 1. The predicted octanol–water partition coefficient (Wildman–Crippen LogP) is 2.59. The number of hydrogen-bond acceptors (Lipinski definition) is 6. The van der Waals surface area contributed by atoms with Crippen LogP contribution in [0.2, 0.25) is 0 Å². The van der Waals surface area contributed by atoms with Crippen molar-refractivity contribution in [2.45, 2.75) is 6.54 Å². The van der Waals surface area contributed by atoms with E-state index >= 15 is 0 Å². The van der Waals surface area contributed by atoms with E-state index in [1.54, 1.807) is 6.26 Å². The first-order valence-corrected chi connectivity index (χ1v) is 7.75. The highest BCUT2D eigenvalue weighted by Gasteiger charge is 2.23. The minimum atomic E-state index is -0.970. The second-order valence-corrected chi connectivity index (χ2v) is 4.98. The number of aliphatic imine (C=N–C) groups is 1. The fraction of sp³-hybridized carbons (Fsp3) is 0.286. The van der Waals surface area contributed by atoms with Crippen molar-refractivity contribution in [3.63, 3.8) is 0 Å². The van der Waals surface area contributed by atoms with Crippen LogP contribution in [0.4, 0.5) is 18.8 Å². The summed E-state index contributed by atoms with van der Waals surface area (Å²) in [7, 11) is 2.24. The molecule has 8 nitrogen and oxygen atoms in total. The zero-order valence-electron chi connectivity index (χ0n) is 13.2. The molecule has 24 heavy (non-hydrogen) atoms. The van der Waals surface area contributed by atoms with Crippen molar-refractivity contribution in [3.05, 3.63) is 35.6 Å². The summed E-state index contributed by atoms with van der Waals surface area (Å²) in [5, 5.41) is 1.97. The zero-order chi connectivity index (χ0) is 18.1. The summed E-state index contributed by atoms with van der Waals surface area (Å²) in [6, 6.07) is 4.51. The molecule has 1 N–H and O–H groups in total. The fourth-order valence-corrected chi connectivity index (χ4v) is 2.08. The van der Waals surface area contributed by atoms with Gasteiger partial charge in [0.2, 0.25) is 0 Å². The maximum Gasteiger partial charge on any atom is 0.435 e. The molecule has 0 atom stereocenters. The molecule has 0 aromatic heterocycles. The Morgan fingerprint density at radius 2 is 1.83 bits per heavy atom. The predicted molar refractivity (Wildman–Crippen MR) is 86.2 cm³/mol. The molecule has 0 fully saturated rings. The van der Waals surface area contributed by atoms with E-state index in [1.165, 1.54) is 24.3 Å². The number of carbonyl (C=O) groups is 3. The molecule has 10 heteroatoms. The van der Waals surface area contributed by atoms with Gasteiger partial charge in [-0.15, -0.1) is 0 Å². The van der Waals surface area contributed by atoms with Gasteiger partial charge in [-0.3, -0.25) is 4.90 Å². The van der Waals surface area contributed by atoms with E-state index in [1.807, 2.05) is 5.32 Å². The number of imide groups is 1. The van der Waals surface area contributed by atoms with E-state index in [0.717, 1.165) is 30.9 Å². The summed E-state index contributed by atoms with van der Waals surface area (Å²) < 4.78 is 21.8. The van der Waals surface area contributed by atoms with Gasteiger partial charge in [-0.2, -0.15) is 4.99 Å². The smallest absolute Gasteiger partial charge is 0.435 e. The Morgan fingerprint density at radius 3 is 2.33 bits per heavy atom. The first-order valence-electron chi connectivity index (χ1n) is 6.52. The summed E-state index contributed by atoms with van der Waals surface area (Å²) in [6.45, 7) is -0.0558. The zero-order valence-corrected chi connectivity index (χ0v) is 14.1. The molecule has 4 amide bonds. The Kier molecular flexibility index (Phi) is 7.69. The number of alkyl carbamates (subject to hydrolysis) is 1. The highest BCUT2D eigenvalue weighted by atomic mass is 32.2. The van der Waals surface area contributed by atoms with E-state index in [2.05, 4.69) is 14.5 Å². The normalized spacial score (nSPS) is 10.8. The number of carbonyl (C=O) groups excluding carboxylic acids is 3. The molecule has 130 valence electrons. The first-order chi connectivity index (χ1) is 11.4. The average Bonchev–Trinajstić information content (AvgIpc) is 2.58. The number of hydrogen-bond donors (Lipinski definition) is 1. The Bertz CT molecular complexity index is 636. The van der Waals surface area contributed by atoms with Crippen LogP contribution >= 0.6 is 11.8 Å². The van der Waals surface area contributed by atoms with Gasteiger partial charge >= 0.3 is 18.2 Å². The fourth-order valence-electron chi connectivity index (χ4n) is 1.54. The Balaban J connectivity index is 3.11. The molecule has 0 saturated carbocycles. The maximum atomic E-state index is 13.0. The van der Waals surface area contributed by atoms with Gasteiger partial charge in [0, 0.05) is 0 Å². The Morgan fingerprint density at radius 1 is 1.21 bits per heavy atom. The standard InChI is InChI=1S/C14H16FN3O5S/c1-22-13(20)16-11(19)18(12(24-3)17-14(21)23-2)8-9-4-6-10(15)7-5-9/h4-7H,8H2,1-3H3,(H,16,19,20). The Labute approximate surface area is 142 Å². The van der Waals surface area contributed by atoms with Crippen molar-refractivity contribution in [3.8, 4) is 0 Å². The summed E-state index contributed by atoms with van der Waals surface area (Å²) in [6.07, 6.45) is -0.290. The van der Waals surface area contributed by atoms with E-state index < -0.39 is 24.0 Å². The molecule has 1 aromatic carbocycles. The van der Waals surface area contributed by atoms with Gasteiger partial charge in [-0.25, -0.2) is 24.1 Å². The van der Waals surface area contributed by atoms with Gasteiger partial charge in [0.15, 0.2) is 5.17 Å². The van der Waals surface area contributed by atoms with Gasteiger partial charge in [0.05, 0.1) is 20.8 Å². The van der Waals surface area contributed by atoms with Crippen molar-refractivity contribution in [2.24, 2.45) is 4.99 Å². The van der Waals surface area contributed by atoms with Crippen LogP contribution in [-0.4, -0.2) is 48.8 Å². The van der Waals surface area contributed by atoms with Crippen LogP contribution in [0.5, 0.6) is 0 Å². The number of halogens is 1. The topological polar surface area (TPSA) is 97.3 Å². The lowest BCUT2D eigenvalue weighted by Crippen LogP contribution is -2.45. The van der Waals surface area contributed by atoms with Crippen molar-refractivity contribution in [2.75, 3.05) is 20.5 Å². The number of benzene rings is 1. The van der Waals surface area contributed by atoms with Crippen LogP contribution in [-0.2, 0) is 16.0 Å². The number of ether oxygens (including phenoxy) is 2. The van der Waals surface area contributed by atoms with Crippen LogP contribution < -0.4 is 5.32 Å². The molecule has 1 rings (SSSR count). The number of thioether (sulfide) groups is 1. The van der Waals surface area contributed by atoms with Crippen molar-refractivity contribution in [1.82, 2.24) is 10.2 Å². The Hall–Kier alpha value is -2.62. The lowest BCUT2D eigenvalue weighted by atomic mass is 10.2. The quantitative estimate of drug-likeness (QED) is 0.645. The molecular weight excluding hydrogens is 341 g/mol. The first kappa shape index (κ1) is 19.4. The second kappa shape index (κ2) is 9.50. The van der Waals surface area contributed by atoms with Gasteiger partial charge in [-0.05, 0) is 24.0 Å². The third kappa shape index (κ3) is 5.88. The number of rotatable bonds is 2. The number of methoxy groups -OCH3 is 2. The molecular formula is C14H16FN3O5S. The largest absolute Gasteiger partial charge is 0.453 e. The molecule has 1 aromatic rings. The number of nitrogens with zero attached hydrogens (tertiary/aromatic N) is 2. The molecule has 0 unspecified atom stereocenters. The van der Waals surface area contributed by atoms with Crippen LogP contribution in [0.1, 0.15) is 5.56 Å². The summed E-state index contributed by atoms with van der Waals surface area (Å²) in [5.41, 5.74) is 0.558. The molecule has 0 aliphatic carbocycles. The summed E-state index contributed by atoms with van der Waals surface area (Å²) in [5.74, 6) is -0.433.